The van der Waals surface area contributed by atoms with Crippen LogP contribution in [0.4, 0.5) is 10.5 Å². The summed E-state index contributed by atoms with van der Waals surface area (Å²) < 4.78 is 11.5. The normalized spacial score (nSPS) is 21.1. The fourth-order valence-corrected chi connectivity index (χ4v) is 6.12. The van der Waals surface area contributed by atoms with Crippen molar-refractivity contribution in [2.45, 2.75) is 63.9 Å². The summed E-state index contributed by atoms with van der Waals surface area (Å²) in [5.41, 5.74) is 5.31. The zero-order chi connectivity index (χ0) is 27.8. The number of fused-ring (bicyclic) bond motifs is 1. The molecule has 2 saturated carbocycles. The third kappa shape index (κ3) is 5.08. The maximum atomic E-state index is 12.3. The minimum atomic E-state index is -0.448. The van der Waals surface area contributed by atoms with Crippen LogP contribution in [-0.4, -0.2) is 42.1 Å². The molecule has 40 heavy (non-hydrogen) atoms. The number of likely N-dealkylation sites (tertiary alicyclic amines) is 1. The van der Waals surface area contributed by atoms with Crippen LogP contribution in [0.25, 0.3) is 11.1 Å². The van der Waals surface area contributed by atoms with Gasteiger partial charge in [0.2, 0.25) is 11.8 Å². The van der Waals surface area contributed by atoms with E-state index in [0.29, 0.717) is 28.8 Å². The Balaban J connectivity index is 1.20. The molecule has 2 aromatic rings. The molecule has 4 aliphatic rings. The topological polar surface area (TPSA) is 109 Å². The van der Waals surface area contributed by atoms with E-state index < -0.39 is 6.09 Å². The molecule has 2 atom stereocenters. The van der Waals surface area contributed by atoms with Crippen LogP contribution in [0.3, 0.4) is 0 Å². The van der Waals surface area contributed by atoms with Crippen LogP contribution in [0.1, 0.15) is 74.5 Å². The van der Waals surface area contributed by atoms with Crippen molar-refractivity contribution < 1.29 is 23.9 Å². The maximum Gasteiger partial charge on any atom is 0.411 e. The summed E-state index contributed by atoms with van der Waals surface area (Å²) in [6.45, 7) is 2.40. The SMILES string of the molecule is C[C@@H](OC(=O)Nc1ccc(C2=C(C#N)c3ccc(OCCN4C(=O)CCC4=O)cc3C2C2CCC2)cc1)C1CC1. The van der Waals surface area contributed by atoms with Crippen LogP contribution in [0.5, 0.6) is 5.75 Å². The Morgan fingerprint density at radius 3 is 2.42 bits per heavy atom. The van der Waals surface area contributed by atoms with Gasteiger partial charge in [-0.2, -0.15) is 5.26 Å². The van der Waals surface area contributed by atoms with E-state index in [2.05, 4.69) is 11.4 Å². The van der Waals surface area contributed by atoms with Gasteiger partial charge in [-0.3, -0.25) is 19.8 Å². The summed E-state index contributed by atoms with van der Waals surface area (Å²) in [4.78, 5) is 37.4. The van der Waals surface area contributed by atoms with Crippen LogP contribution >= 0.6 is 0 Å². The van der Waals surface area contributed by atoms with Crippen LogP contribution in [0.2, 0.25) is 0 Å². The molecular weight excluding hydrogens is 506 g/mol. The van der Waals surface area contributed by atoms with E-state index in [-0.39, 0.29) is 49.8 Å². The van der Waals surface area contributed by atoms with E-state index in [1.807, 2.05) is 49.4 Å². The third-order valence-electron chi connectivity index (χ3n) is 8.70. The van der Waals surface area contributed by atoms with Gasteiger partial charge in [0, 0.05) is 24.4 Å². The number of carbonyl (C=O) groups is 3. The summed E-state index contributed by atoms with van der Waals surface area (Å²) in [6.07, 6.45) is 5.60. The van der Waals surface area contributed by atoms with Gasteiger partial charge in [-0.05, 0) is 97.0 Å². The molecule has 6 rings (SSSR count). The van der Waals surface area contributed by atoms with Gasteiger partial charge in [-0.25, -0.2) is 4.79 Å². The van der Waals surface area contributed by atoms with Crippen molar-refractivity contribution in [3.05, 3.63) is 59.2 Å². The van der Waals surface area contributed by atoms with Crippen molar-refractivity contribution in [3.8, 4) is 11.8 Å². The fourth-order valence-electron chi connectivity index (χ4n) is 6.12. The molecule has 206 valence electrons. The molecule has 0 radical (unpaired) electrons. The van der Waals surface area contributed by atoms with Crippen molar-refractivity contribution in [1.29, 1.82) is 5.26 Å². The first-order valence-electron chi connectivity index (χ1n) is 14.3. The van der Waals surface area contributed by atoms with E-state index in [0.717, 1.165) is 47.9 Å². The molecule has 1 N–H and O–H groups in total. The first kappa shape index (κ1) is 26.1. The van der Waals surface area contributed by atoms with Gasteiger partial charge < -0.3 is 9.47 Å². The highest BCUT2D eigenvalue weighted by atomic mass is 16.6. The highest BCUT2D eigenvalue weighted by Crippen LogP contribution is 2.55. The Bertz CT molecular complexity index is 1400. The predicted octanol–water partition coefficient (Wildman–Crippen LogP) is 5.89. The van der Waals surface area contributed by atoms with E-state index in [4.69, 9.17) is 9.47 Å². The first-order valence-corrected chi connectivity index (χ1v) is 14.3. The number of carbonyl (C=O) groups excluding carboxylic acids is 3. The summed E-state index contributed by atoms with van der Waals surface area (Å²) in [5.74, 6) is 1.36. The third-order valence-corrected chi connectivity index (χ3v) is 8.70. The average molecular weight is 540 g/mol. The standard InChI is InChI=1S/C32H33N3O5/c1-19(20-5-6-20)40-32(38)34-23-9-7-22(8-10-23)31-27(18-33)25-12-11-24(17-26(25)30(31)21-3-2-4-21)39-16-15-35-28(36)13-14-29(35)37/h7-12,17,19-21,30H,2-6,13-16H2,1H3,(H,34,38)/t19-,30?/m1/s1. The number of anilines is 1. The summed E-state index contributed by atoms with van der Waals surface area (Å²) in [5, 5.41) is 13.1. The van der Waals surface area contributed by atoms with Gasteiger partial charge >= 0.3 is 6.09 Å². The van der Waals surface area contributed by atoms with Crippen LogP contribution in [0, 0.1) is 23.2 Å². The lowest BCUT2D eigenvalue weighted by Crippen LogP contribution is -2.33. The van der Waals surface area contributed by atoms with Crippen LogP contribution in [0.15, 0.2) is 42.5 Å². The number of imide groups is 1. The monoisotopic (exact) mass is 539 g/mol. The Kier molecular flexibility index (Phi) is 7.05. The Morgan fingerprint density at radius 1 is 1.07 bits per heavy atom. The molecule has 0 aromatic heterocycles. The van der Waals surface area contributed by atoms with Crippen molar-refractivity contribution in [3.63, 3.8) is 0 Å². The second-order valence-electron chi connectivity index (χ2n) is 11.3. The lowest BCUT2D eigenvalue weighted by atomic mass is 9.70. The van der Waals surface area contributed by atoms with Crippen LogP contribution < -0.4 is 10.1 Å². The fraction of sp³-hybridized carbons (Fsp3) is 0.438. The molecule has 1 aliphatic heterocycles. The summed E-state index contributed by atoms with van der Waals surface area (Å²) in [6, 6.07) is 15.9. The second kappa shape index (κ2) is 10.8. The number of amides is 3. The number of allylic oxidation sites excluding steroid dienone is 2. The number of hydrogen-bond donors (Lipinski definition) is 1. The van der Waals surface area contributed by atoms with Crippen molar-refractivity contribution in [2.24, 2.45) is 11.8 Å². The minimum absolute atomic E-state index is 0.0758. The van der Waals surface area contributed by atoms with Gasteiger partial charge in [0.25, 0.3) is 0 Å². The number of hydrogen-bond acceptors (Lipinski definition) is 6. The summed E-state index contributed by atoms with van der Waals surface area (Å²) >= 11 is 0. The largest absolute Gasteiger partial charge is 0.492 e. The van der Waals surface area contributed by atoms with Crippen LogP contribution in [-0.2, 0) is 14.3 Å². The zero-order valence-electron chi connectivity index (χ0n) is 22.7. The molecular formula is C32H33N3O5. The van der Waals surface area contributed by atoms with Gasteiger partial charge in [0.15, 0.2) is 0 Å². The smallest absolute Gasteiger partial charge is 0.411 e. The van der Waals surface area contributed by atoms with Gasteiger partial charge in [0.05, 0.1) is 12.1 Å². The molecule has 3 fully saturated rings. The highest BCUT2D eigenvalue weighted by Gasteiger charge is 2.40. The average Bonchev–Trinajstić information content (AvgIpc) is 3.66. The van der Waals surface area contributed by atoms with E-state index in [1.165, 1.54) is 11.3 Å². The molecule has 0 bridgehead atoms. The van der Waals surface area contributed by atoms with Gasteiger partial charge in [-0.15, -0.1) is 0 Å². The molecule has 1 heterocycles. The maximum absolute atomic E-state index is 12.3. The van der Waals surface area contributed by atoms with Gasteiger partial charge in [0.1, 0.15) is 24.5 Å². The van der Waals surface area contributed by atoms with Crippen molar-refractivity contribution in [1.82, 2.24) is 4.90 Å². The van der Waals surface area contributed by atoms with E-state index >= 15 is 0 Å². The van der Waals surface area contributed by atoms with E-state index in [1.54, 1.807) is 0 Å². The Labute approximate surface area is 233 Å². The number of nitrogens with zero attached hydrogens (tertiary/aromatic N) is 2. The number of nitrogens with one attached hydrogen (secondary N) is 1. The molecule has 8 heteroatoms. The molecule has 1 unspecified atom stereocenters. The van der Waals surface area contributed by atoms with Crippen molar-refractivity contribution in [2.75, 3.05) is 18.5 Å². The zero-order valence-corrected chi connectivity index (χ0v) is 22.7. The molecule has 0 spiro atoms. The van der Waals surface area contributed by atoms with Gasteiger partial charge in [-0.1, -0.05) is 18.6 Å². The second-order valence-corrected chi connectivity index (χ2v) is 11.3. The Morgan fingerprint density at radius 2 is 1.80 bits per heavy atom. The molecule has 8 nitrogen and oxygen atoms in total. The minimum Gasteiger partial charge on any atom is -0.492 e. The molecule has 1 saturated heterocycles. The molecule has 3 aliphatic carbocycles. The molecule has 3 amide bonds. The quantitative estimate of drug-likeness (QED) is 0.398. The summed E-state index contributed by atoms with van der Waals surface area (Å²) in [7, 11) is 0. The number of nitriles is 1. The number of rotatable bonds is 9. The molecule has 2 aromatic carbocycles. The highest BCUT2D eigenvalue weighted by molar-refractivity contribution is 6.05. The predicted molar refractivity (Wildman–Crippen MR) is 149 cm³/mol. The van der Waals surface area contributed by atoms with Crippen molar-refractivity contribution >= 4 is 34.7 Å². The number of ether oxygens (including phenoxy) is 2. The lowest BCUT2D eigenvalue weighted by molar-refractivity contribution is -0.138. The first-order chi connectivity index (χ1) is 19.4. The lowest BCUT2D eigenvalue weighted by Gasteiger charge is -2.34. The van der Waals surface area contributed by atoms with E-state index in [9.17, 15) is 19.6 Å². The Hall–Kier alpha value is -4.12. The number of benzene rings is 2.